The zero-order valence-corrected chi connectivity index (χ0v) is 17.6. The lowest BCUT2D eigenvalue weighted by Crippen LogP contribution is -2.40. The topological polar surface area (TPSA) is 91.9 Å². The Morgan fingerprint density at radius 2 is 1.93 bits per heavy atom. The van der Waals surface area contributed by atoms with Gasteiger partial charge in [-0.25, -0.2) is 9.97 Å². The Kier molecular flexibility index (Phi) is 5.57. The summed E-state index contributed by atoms with van der Waals surface area (Å²) in [6.45, 7) is 5.00. The van der Waals surface area contributed by atoms with Gasteiger partial charge < -0.3 is 15.1 Å². The normalized spacial score (nSPS) is 21.1. The Bertz CT molecular complexity index is 995. The van der Waals surface area contributed by atoms with E-state index in [0.29, 0.717) is 23.2 Å². The van der Waals surface area contributed by atoms with E-state index in [-0.39, 0.29) is 0 Å². The molecule has 4 heterocycles. The van der Waals surface area contributed by atoms with Crippen molar-refractivity contribution in [2.24, 2.45) is 0 Å². The molecule has 0 aromatic carbocycles. The SMILES string of the molecule is CC1CCCN1c1cc(C2(C#N)CCN(C)CC2)cc(Nc2cc(C#N)ccn2)n1. The quantitative estimate of drug-likeness (QED) is 0.837. The second-order valence-corrected chi connectivity index (χ2v) is 8.45. The van der Waals surface area contributed by atoms with E-state index in [1.54, 1.807) is 18.3 Å². The summed E-state index contributed by atoms with van der Waals surface area (Å²) >= 11 is 0. The maximum atomic E-state index is 10.2. The molecule has 1 atom stereocenters. The lowest BCUT2D eigenvalue weighted by atomic mass is 9.74. The van der Waals surface area contributed by atoms with Crippen molar-refractivity contribution in [1.29, 1.82) is 10.5 Å². The summed E-state index contributed by atoms with van der Waals surface area (Å²) in [5, 5.41) is 22.6. The Morgan fingerprint density at radius 1 is 1.13 bits per heavy atom. The number of nitriles is 2. The van der Waals surface area contributed by atoms with Gasteiger partial charge in [-0.3, -0.25) is 0 Å². The Labute approximate surface area is 178 Å². The van der Waals surface area contributed by atoms with Gasteiger partial charge in [-0.2, -0.15) is 10.5 Å². The highest BCUT2D eigenvalue weighted by Gasteiger charge is 2.37. The first kappa shape index (κ1) is 20.1. The number of piperidine rings is 1. The zero-order valence-electron chi connectivity index (χ0n) is 17.6. The Hall–Kier alpha value is -3.16. The zero-order chi connectivity index (χ0) is 21.1. The monoisotopic (exact) mass is 401 g/mol. The second-order valence-electron chi connectivity index (χ2n) is 8.45. The van der Waals surface area contributed by atoms with Crippen LogP contribution in [0.25, 0.3) is 0 Å². The molecule has 7 nitrogen and oxygen atoms in total. The van der Waals surface area contributed by atoms with Gasteiger partial charge >= 0.3 is 0 Å². The standard InChI is InChI=1S/C23H27N7/c1-17-4-3-9-30(17)22-14-19(23(16-25)6-10-29(2)11-7-23)13-21(28-22)27-20-12-18(15-24)5-8-26-20/h5,8,12-14,17H,3-4,6-7,9-11H2,1-2H3,(H,26,27,28). The minimum Gasteiger partial charge on any atom is -0.354 e. The fraction of sp³-hybridized carbons (Fsp3) is 0.478. The highest BCUT2D eigenvalue weighted by Crippen LogP contribution is 2.38. The highest BCUT2D eigenvalue weighted by atomic mass is 15.2. The first-order valence-electron chi connectivity index (χ1n) is 10.6. The van der Waals surface area contributed by atoms with Crippen molar-refractivity contribution in [3.63, 3.8) is 0 Å². The van der Waals surface area contributed by atoms with Gasteiger partial charge in [0.05, 0.1) is 23.1 Å². The van der Waals surface area contributed by atoms with Gasteiger partial charge in [0.25, 0.3) is 0 Å². The number of nitrogens with one attached hydrogen (secondary N) is 1. The second kappa shape index (κ2) is 8.30. The van der Waals surface area contributed by atoms with Crippen molar-refractivity contribution < 1.29 is 0 Å². The van der Waals surface area contributed by atoms with Crippen LogP contribution in [0.5, 0.6) is 0 Å². The third-order valence-corrected chi connectivity index (χ3v) is 6.41. The molecule has 0 spiro atoms. The fourth-order valence-corrected chi connectivity index (χ4v) is 4.44. The van der Waals surface area contributed by atoms with Crippen LogP contribution in [0.3, 0.4) is 0 Å². The number of pyridine rings is 2. The molecule has 0 radical (unpaired) electrons. The van der Waals surface area contributed by atoms with E-state index in [4.69, 9.17) is 4.98 Å². The van der Waals surface area contributed by atoms with Gasteiger partial charge in [0.1, 0.15) is 17.5 Å². The molecule has 2 aromatic heterocycles. The predicted octanol–water partition coefficient (Wildman–Crippen LogP) is 3.57. The van der Waals surface area contributed by atoms with Crippen molar-refractivity contribution in [3.8, 4) is 12.1 Å². The van der Waals surface area contributed by atoms with Gasteiger partial charge in [0, 0.05) is 18.8 Å². The smallest absolute Gasteiger partial charge is 0.134 e. The highest BCUT2D eigenvalue weighted by molar-refractivity contribution is 5.60. The van der Waals surface area contributed by atoms with E-state index >= 15 is 0 Å². The summed E-state index contributed by atoms with van der Waals surface area (Å²) in [5.41, 5.74) is 1.05. The van der Waals surface area contributed by atoms with Crippen LogP contribution < -0.4 is 10.2 Å². The van der Waals surface area contributed by atoms with Crippen LogP contribution in [0, 0.1) is 22.7 Å². The Morgan fingerprint density at radius 3 is 2.60 bits per heavy atom. The lowest BCUT2D eigenvalue weighted by Gasteiger charge is -2.36. The molecule has 4 rings (SSSR count). The van der Waals surface area contributed by atoms with Crippen LogP contribution >= 0.6 is 0 Å². The maximum absolute atomic E-state index is 10.2. The van der Waals surface area contributed by atoms with Gasteiger partial charge in [0.15, 0.2) is 0 Å². The molecule has 0 saturated carbocycles. The molecule has 2 aromatic rings. The third-order valence-electron chi connectivity index (χ3n) is 6.41. The number of rotatable bonds is 4. The van der Waals surface area contributed by atoms with Crippen LogP contribution in [0.4, 0.5) is 17.5 Å². The summed E-state index contributed by atoms with van der Waals surface area (Å²) < 4.78 is 0. The molecule has 2 saturated heterocycles. The number of aromatic nitrogens is 2. The summed E-state index contributed by atoms with van der Waals surface area (Å²) in [5.74, 6) is 2.15. The van der Waals surface area contributed by atoms with Gasteiger partial charge in [0.2, 0.25) is 0 Å². The summed E-state index contributed by atoms with van der Waals surface area (Å²) in [7, 11) is 2.10. The van der Waals surface area contributed by atoms with Crippen molar-refractivity contribution in [2.75, 3.05) is 36.9 Å². The molecule has 1 N–H and O–H groups in total. The van der Waals surface area contributed by atoms with Crippen molar-refractivity contribution in [1.82, 2.24) is 14.9 Å². The molecule has 0 bridgehead atoms. The van der Waals surface area contributed by atoms with Crippen molar-refractivity contribution in [3.05, 3.63) is 41.6 Å². The molecule has 30 heavy (non-hydrogen) atoms. The summed E-state index contributed by atoms with van der Waals surface area (Å²) in [6, 6.07) is 12.7. The van der Waals surface area contributed by atoms with E-state index in [0.717, 1.165) is 56.7 Å². The summed E-state index contributed by atoms with van der Waals surface area (Å²) in [6.07, 6.45) is 5.52. The number of hydrogen-bond acceptors (Lipinski definition) is 7. The first-order chi connectivity index (χ1) is 14.5. The van der Waals surface area contributed by atoms with E-state index in [1.807, 2.05) is 6.07 Å². The minimum absolute atomic E-state index is 0.427. The molecule has 2 aliphatic rings. The number of likely N-dealkylation sites (tertiary alicyclic amines) is 1. The Balaban J connectivity index is 1.75. The number of hydrogen-bond donors (Lipinski definition) is 1. The molecule has 7 heteroatoms. The van der Waals surface area contributed by atoms with Gasteiger partial charge in [-0.15, -0.1) is 0 Å². The van der Waals surface area contributed by atoms with Gasteiger partial charge in [-0.05, 0) is 82.6 Å². The molecule has 2 fully saturated rings. The van der Waals surface area contributed by atoms with E-state index in [1.165, 1.54) is 0 Å². The van der Waals surface area contributed by atoms with Crippen molar-refractivity contribution in [2.45, 2.75) is 44.1 Å². The average Bonchev–Trinajstić information content (AvgIpc) is 3.20. The third kappa shape index (κ3) is 3.94. The lowest BCUT2D eigenvalue weighted by molar-refractivity contribution is 0.222. The molecular formula is C23H27N7. The largest absolute Gasteiger partial charge is 0.354 e. The maximum Gasteiger partial charge on any atom is 0.134 e. The predicted molar refractivity (Wildman–Crippen MR) is 117 cm³/mol. The van der Waals surface area contributed by atoms with Crippen LogP contribution in [0.2, 0.25) is 0 Å². The molecule has 0 amide bonds. The van der Waals surface area contributed by atoms with Crippen LogP contribution in [-0.2, 0) is 5.41 Å². The molecule has 154 valence electrons. The molecule has 0 aliphatic carbocycles. The molecule has 1 unspecified atom stereocenters. The fourth-order valence-electron chi connectivity index (χ4n) is 4.44. The average molecular weight is 402 g/mol. The number of anilines is 3. The molecule has 2 aliphatic heterocycles. The van der Waals surface area contributed by atoms with E-state index < -0.39 is 5.41 Å². The van der Waals surface area contributed by atoms with Crippen molar-refractivity contribution >= 4 is 17.5 Å². The van der Waals surface area contributed by atoms with Crippen LogP contribution in [-0.4, -0.2) is 47.6 Å². The first-order valence-corrected chi connectivity index (χ1v) is 10.6. The van der Waals surface area contributed by atoms with E-state index in [2.05, 4.69) is 52.3 Å². The minimum atomic E-state index is -0.508. The summed E-state index contributed by atoms with van der Waals surface area (Å²) in [4.78, 5) is 13.8. The van der Waals surface area contributed by atoms with Crippen LogP contribution in [0.1, 0.15) is 43.7 Å². The molecular weight excluding hydrogens is 374 g/mol. The van der Waals surface area contributed by atoms with Crippen LogP contribution in [0.15, 0.2) is 30.5 Å². The van der Waals surface area contributed by atoms with Gasteiger partial charge in [-0.1, -0.05) is 0 Å². The number of nitrogens with zero attached hydrogens (tertiary/aromatic N) is 6. The van der Waals surface area contributed by atoms with E-state index in [9.17, 15) is 10.5 Å².